The van der Waals surface area contributed by atoms with E-state index in [2.05, 4.69) is 10.6 Å². The standard InChI is InChI=1S/C25H33N3O8/c1-7-12-35-23(29)19-15(5)26-16(6)22(20(19)17-10-9-11-18(13-17)28(32)33)36-25(31)27-21(14(3)4)24(30)34-8-2/h9-11,13-14,20-21,26H,7-8,12H2,1-6H3,(H,27,31)/t20-,21+/m1/s1. The highest BCUT2D eigenvalue weighted by Gasteiger charge is 2.38. The fraction of sp³-hybridized carbons (Fsp3) is 0.480. The monoisotopic (exact) mass is 503 g/mol. The first-order chi connectivity index (χ1) is 17.0. The number of alkyl carbamates (subject to hydrolysis) is 1. The van der Waals surface area contributed by atoms with Gasteiger partial charge in [0.15, 0.2) is 0 Å². The number of ether oxygens (including phenoxy) is 3. The van der Waals surface area contributed by atoms with Gasteiger partial charge in [0, 0.05) is 17.8 Å². The number of amides is 1. The van der Waals surface area contributed by atoms with Crippen LogP contribution in [0.15, 0.2) is 47.0 Å². The van der Waals surface area contributed by atoms with Gasteiger partial charge in [-0.1, -0.05) is 32.9 Å². The Hall–Kier alpha value is -3.89. The number of benzene rings is 1. The van der Waals surface area contributed by atoms with Gasteiger partial charge < -0.3 is 24.8 Å². The van der Waals surface area contributed by atoms with Crippen molar-refractivity contribution in [2.45, 2.75) is 59.9 Å². The topological polar surface area (TPSA) is 146 Å². The largest absolute Gasteiger partial charge is 0.464 e. The second kappa shape index (κ2) is 12.7. The van der Waals surface area contributed by atoms with Crippen LogP contribution in [-0.2, 0) is 23.8 Å². The predicted molar refractivity (Wildman–Crippen MR) is 130 cm³/mol. The maximum absolute atomic E-state index is 13.0. The van der Waals surface area contributed by atoms with E-state index in [9.17, 15) is 24.5 Å². The van der Waals surface area contributed by atoms with Crippen LogP contribution < -0.4 is 10.6 Å². The SMILES string of the molecule is CCCOC(=O)C1=C(C)NC(C)=C(OC(=O)N[C@H](C(=O)OCC)C(C)C)[C@@H]1c1cccc([N+](=O)[O-])c1. The molecule has 0 bridgehead atoms. The van der Waals surface area contributed by atoms with Gasteiger partial charge in [0.05, 0.1) is 35.3 Å². The van der Waals surface area contributed by atoms with Crippen molar-refractivity contribution in [2.24, 2.45) is 5.92 Å². The number of hydrogen-bond donors (Lipinski definition) is 2. The van der Waals surface area contributed by atoms with Crippen molar-refractivity contribution in [2.75, 3.05) is 13.2 Å². The number of nitro groups is 1. The Morgan fingerprint density at radius 3 is 2.42 bits per heavy atom. The number of nitrogens with zero attached hydrogens (tertiary/aromatic N) is 1. The summed E-state index contributed by atoms with van der Waals surface area (Å²) in [6.45, 7) is 10.6. The minimum absolute atomic E-state index is 0.0495. The third-order valence-corrected chi connectivity index (χ3v) is 5.45. The minimum Gasteiger partial charge on any atom is -0.464 e. The molecule has 196 valence electrons. The molecule has 0 fully saturated rings. The molecule has 0 unspecified atom stereocenters. The predicted octanol–water partition coefficient (Wildman–Crippen LogP) is 4.05. The first-order valence-electron chi connectivity index (χ1n) is 11.8. The summed E-state index contributed by atoms with van der Waals surface area (Å²) in [6, 6.07) is 4.78. The van der Waals surface area contributed by atoms with Crippen molar-refractivity contribution < 1.29 is 33.5 Å². The highest BCUT2D eigenvalue weighted by Crippen LogP contribution is 2.40. The Bertz CT molecular complexity index is 1080. The summed E-state index contributed by atoms with van der Waals surface area (Å²) in [5.74, 6) is -2.45. The van der Waals surface area contributed by atoms with Gasteiger partial charge in [-0.15, -0.1) is 0 Å². The lowest BCUT2D eigenvalue weighted by atomic mass is 9.85. The van der Waals surface area contributed by atoms with E-state index in [1.165, 1.54) is 18.2 Å². The van der Waals surface area contributed by atoms with Gasteiger partial charge in [-0.25, -0.2) is 14.4 Å². The number of dihydropyridines is 1. The molecule has 2 rings (SSSR count). The van der Waals surface area contributed by atoms with Gasteiger partial charge in [0.1, 0.15) is 11.8 Å². The summed E-state index contributed by atoms with van der Waals surface area (Å²) in [5.41, 5.74) is 1.21. The van der Waals surface area contributed by atoms with Crippen molar-refractivity contribution in [3.8, 4) is 0 Å². The number of allylic oxidation sites excluding steroid dienone is 3. The van der Waals surface area contributed by atoms with E-state index in [0.29, 0.717) is 23.4 Å². The molecule has 1 aliphatic rings. The molecule has 0 radical (unpaired) electrons. The molecule has 2 N–H and O–H groups in total. The second-order valence-electron chi connectivity index (χ2n) is 8.58. The number of carbonyl (C=O) groups excluding carboxylic acids is 3. The quantitative estimate of drug-likeness (QED) is 0.209. The Morgan fingerprint density at radius 1 is 1.14 bits per heavy atom. The molecule has 0 aromatic heterocycles. The maximum atomic E-state index is 13.0. The van der Waals surface area contributed by atoms with E-state index in [1.807, 2.05) is 6.92 Å². The third kappa shape index (κ3) is 6.83. The Morgan fingerprint density at radius 2 is 1.83 bits per heavy atom. The Balaban J connectivity index is 2.50. The van der Waals surface area contributed by atoms with Crippen LogP contribution >= 0.6 is 0 Å². The third-order valence-electron chi connectivity index (χ3n) is 5.45. The first kappa shape index (κ1) is 28.3. The van der Waals surface area contributed by atoms with Crippen molar-refractivity contribution in [1.29, 1.82) is 0 Å². The molecule has 1 heterocycles. The minimum atomic E-state index is -0.971. The van der Waals surface area contributed by atoms with Crippen molar-refractivity contribution in [3.05, 3.63) is 62.7 Å². The zero-order valence-corrected chi connectivity index (χ0v) is 21.4. The molecule has 0 aliphatic carbocycles. The fourth-order valence-corrected chi connectivity index (χ4v) is 3.78. The molecule has 36 heavy (non-hydrogen) atoms. The van der Waals surface area contributed by atoms with Gasteiger partial charge in [-0.3, -0.25) is 10.1 Å². The van der Waals surface area contributed by atoms with E-state index in [4.69, 9.17) is 14.2 Å². The van der Waals surface area contributed by atoms with Crippen LogP contribution in [-0.4, -0.2) is 42.2 Å². The van der Waals surface area contributed by atoms with E-state index < -0.39 is 34.9 Å². The zero-order chi connectivity index (χ0) is 27.0. The zero-order valence-electron chi connectivity index (χ0n) is 21.4. The highest BCUT2D eigenvalue weighted by molar-refractivity contribution is 5.93. The van der Waals surface area contributed by atoms with Gasteiger partial charge >= 0.3 is 18.0 Å². The van der Waals surface area contributed by atoms with E-state index in [0.717, 1.165) is 0 Å². The summed E-state index contributed by atoms with van der Waals surface area (Å²) in [7, 11) is 0. The summed E-state index contributed by atoms with van der Waals surface area (Å²) < 4.78 is 16.1. The second-order valence-corrected chi connectivity index (χ2v) is 8.58. The molecule has 1 amide bonds. The summed E-state index contributed by atoms with van der Waals surface area (Å²) >= 11 is 0. The lowest BCUT2D eigenvalue weighted by Crippen LogP contribution is -2.46. The lowest BCUT2D eigenvalue weighted by molar-refractivity contribution is -0.384. The van der Waals surface area contributed by atoms with Crippen LogP contribution in [0, 0.1) is 16.0 Å². The molecule has 0 spiro atoms. The molecule has 2 atom stereocenters. The summed E-state index contributed by atoms with van der Waals surface area (Å²) in [4.78, 5) is 49.1. The lowest BCUT2D eigenvalue weighted by Gasteiger charge is -2.31. The molecule has 11 heteroatoms. The number of nitrogens with one attached hydrogen (secondary N) is 2. The average molecular weight is 504 g/mol. The maximum Gasteiger partial charge on any atom is 0.413 e. The average Bonchev–Trinajstić information content (AvgIpc) is 2.82. The van der Waals surface area contributed by atoms with E-state index >= 15 is 0 Å². The number of carbonyl (C=O) groups is 3. The van der Waals surface area contributed by atoms with Crippen molar-refractivity contribution >= 4 is 23.7 Å². The van der Waals surface area contributed by atoms with Crippen molar-refractivity contribution in [1.82, 2.24) is 10.6 Å². The van der Waals surface area contributed by atoms with Gasteiger partial charge in [-0.2, -0.15) is 0 Å². The highest BCUT2D eigenvalue weighted by atomic mass is 16.6. The van der Waals surface area contributed by atoms with Crippen LogP contribution in [0.3, 0.4) is 0 Å². The normalized spacial score (nSPS) is 16.2. The number of hydrogen-bond acceptors (Lipinski definition) is 9. The van der Waals surface area contributed by atoms with Gasteiger partial charge in [0.25, 0.3) is 5.69 Å². The van der Waals surface area contributed by atoms with Gasteiger partial charge in [0.2, 0.25) is 0 Å². The number of esters is 2. The van der Waals surface area contributed by atoms with Crippen LogP contribution in [0.25, 0.3) is 0 Å². The van der Waals surface area contributed by atoms with Crippen molar-refractivity contribution in [3.63, 3.8) is 0 Å². The smallest absolute Gasteiger partial charge is 0.413 e. The molecule has 1 aliphatic heterocycles. The first-order valence-corrected chi connectivity index (χ1v) is 11.8. The molecular weight excluding hydrogens is 470 g/mol. The number of non-ortho nitro benzene ring substituents is 1. The molecular formula is C25H33N3O8. The molecule has 0 saturated carbocycles. The molecule has 11 nitrogen and oxygen atoms in total. The molecule has 1 aromatic rings. The molecule has 0 saturated heterocycles. The van der Waals surface area contributed by atoms with Crippen LogP contribution in [0.1, 0.15) is 59.4 Å². The molecule has 1 aromatic carbocycles. The number of nitro benzene ring substituents is 1. The summed E-state index contributed by atoms with van der Waals surface area (Å²) in [5, 5.41) is 17.0. The van der Waals surface area contributed by atoms with Crippen LogP contribution in [0.5, 0.6) is 0 Å². The van der Waals surface area contributed by atoms with Gasteiger partial charge in [-0.05, 0) is 38.7 Å². The van der Waals surface area contributed by atoms with E-state index in [-0.39, 0.29) is 36.2 Å². The number of rotatable bonds is 10. The summed E-state index contributed by atoms with van der Waals surface area (Å²) in [6.07, 6.45) is -0.341. The fourth-order valence-electron chi connectivity index (χ4n) is 3.78. The Kier molecular flexibility index (Phi) is 10.0. The van der Waals surface area contributed by atoms with Crippen LogP contribution in [0.2, 0.25) is 0 Å². The Labute approximate surface area is 210 Å². The van der Waals surface area contributed by atoms with Crippen LogP contribution in [0.4, 0.5) is 10.5 Å². The van der Waals surface area contributed by atoms with E-state index in [1.54, 1.807) is 40.7 Å².